The molecule has 1 aromatic heterocycles. The molecule has 5 heteroatoms. The van der Waals surface area contributed by atoms with Crippen LogP contribution in [0.25, 0.3) is 0 Å². The summed E-state index contributed by atoms with van der Waals surface area (Å²) in [5.74, 6) is 0. The summed E-state index contributed by atoms with van der Waals surface area (Å²) in [4.78, 5) is 0. The highest BCUT2D eigenvalue weighted by molar-refractivity contribution is 7.91. The maximum absolute atomic E-state index is 12.3. The minimum Gasteiger partial charge on any atom is -0.206 e. The molecule has 3 nitrogen and oxygen atoms in total. The predicted molar refractivity (Wildman–Crippen MR) is 74.1 cm³/mol. The molecule has 1 aromatic carbocycles. The van der Waals surface area contributed by atoms with Crippen molar-refractivity contribution in [3.05, 3.63) is 53.4 Å². The Morgan fingerprint density at radius 2 is 1.78 bits per heavy atom. The highest BCUT2D eigenvalue weighted by Gasteiger charge is 2.26. The topological polar surface area (TPSA) is 37.4 Å². The molecule has 1 heterocycles. The summed E-state index contributed by atoms with van der Waals surface area (Å²) in [6.07, 6.45) is 0. The minimum absolute atomic E-state index is 0.182. The van der Waals surface area contributed by atoms with E-state index >= 15 is 0 Å². The highest BCUT2D eigenvalue weighted by atomic mass is 32.2. The van der Waals surface area contributed by atoms with Crippen molar-refractivity contribution >= 4 is 21.4 Å². The Balaban J connectivity index is 2.30. The van der Waals surface area contributed by atoms with Crippen molar-refractivity contribution in [2.45, 2.75) is 17.2 Å². The Labute approximate surface area is 112 Å². The first-order chi connectivity index (χ1) is 8.53. The third-order valence-electron chi connectivity index (χ3n) is 2.96. The second-order valence-electron chi connectivity index (χ2n) is 4.04. The zero-order valence-corrected chi connectivity index (χ0v) is 11.9. The van der Waals surface area contributed by atoms with Crippen LogP contribution in [0.1, 0.15) is 18.5 Å². The lowest BCUT2D eigenvalue weighted by Crippen LogP contribution is -2.29. The van der Waals surface area contributed by atoms with Crippen LogP contribution < -0.4 is 0 Å². The smallest absolute Gasteiger partial charge is 0.206 e. The summed E-state index contributed by atoms with van der Waals surface area (Å²) in [5, 5.41) is 1.77. The summed E-state index contributed by atoms with van der Waals surface area (Å²) in [5.41, 5.74) is 0.986. The van der Waals surface area contributed by atoms with Crippen LogP contribution in [-0.4, -0.2) is 19.8 Å². The number of rotatable bonds is 4. The van der Waals surface area contributed by atoms with E-state index in [0.29, 0.717) is 4.21 Å². The zero-order valence-electron chi connectivity index (χ0n) is 10.3. The normalized spacial score (nSPS) is 13.7. The lowest BCUT2D eigenvalue weighted by Gasteiger charge is -2.23. The van der Waals surface area contributed by atoms with E-state index < -0.39 is 10.0 Å². The van der Waals surface area contributed by atoms with Crippen molar-refractivity contribution in [3.8, 4) is 0 Å². The second kappa shape index (κ2) is 5.22. The molecule has 96 valence electrons. The van der Waals surface area contributed by atoms with E-state index in [-0.39, 0.29) is 6.04 Å². The highest BCUT2D eigenvalue weighted by Crippen LogP contribution is 2.27. The van der Waals surface area contributed by atoms with Gasteiger partial charge in [-0.05, 0) is 23.9 Å². The van der Waals surface area contributed by atoms with Crippen LogP contribution in [0.15, 0.2) is 52.1 Å². The molecule has 0 fully saturated rings. The number of nitrogens with zero attached hydrogens (tertiary/aromatic N) is 1. The van der Waals surface area contributed by atoms with Gasteiger partial charge in [0.15, 0.2) is 0 Å². The van der Waals surface area contributed by atoms with Crippen LogP contribution in [0.2, 0.25) is 0 Å². The fourth-order valence-electron chi connectivity index (χ4n) is 1.70. The van der Waals surface area contributed by atoms with E-state index in [0.717, 1.165) is 5.56 Å². The molecule has 0 N–H and O–H groups in total. The predicted octanol–water partition coefficient (Wildman–Crippen LogP) is 3.13. The fraction of sp³-hybridized carbons (Fsp3) is 0.231. The van der Waals surface area contributed by atoms with E-state index in [2.05, 4.69) is 0 Å². The van der Waals surface area contributed by atoms with Gasteiger partial charge in [-0.2, -0.15) is 4.31 Å². The monoisotopic (exact) mass is 281 g/mol. The minimum atomic E-state index is -3.39. The van der Waals surface area contributed by atoms with Crippen molar-refractivity contribution in [1.82, 2.24) is 4.31 Å². The van der Waals surface area contributed by atoms with Gasteiger partial charge >= 0.3 is 0 Å². The molecule has 0 aliphatic carbocycles. The summed E-state index contributed by atoms with van der Waals surface area (Å²) in [6.45, 7) is 1.89. The maximum atomic E-state index is 12.3. The molecule has 0 spiro atoms. The number of sulfonamides is 1. The van der Waals surface area contributed by atoms with Gasteiger partial charge in [0.25, 0.3) is 10.0 Å². The lowest BCUT2D eigenvalue weighted by molar-refractivity contribution is 0.399. The largest absolute Gasteiger partial charge is 0.252 e. The summed E-state index contributed by atoms with van der Waals surface area (Å²) >= 11 is 1.24. The van der Waals surface area contributed by atoms with Gasteiger partial charge in [0.1, 0.15) is 4.21 Å². The van der Waals surface area contributed by atoms with Crippen LogP contribution >= 0.6 is 11.3 Å². The van der Waals surface area contributed by atoms with Crippen LogP contribution in [0, 0.1) is 0 Å². The Bertz CT molecular complexity index is 591. The fourth-order valence-corrected chi connectivity index (χ4v) is 4.23. The van der Waals surface area contributed by atoms with Gasteiger partial charge in [0, 0.05) is 13.1 Å². The van der Waals surface area contributed by atoms with E-state index in [1.165, 1.54) is 15.6 Å². The van der Waals surface area contributed by atoms with Gasteiger partial charge in [-0.25, -0.2) is 8.42 Å². The van der Waals surface area contributed by atoms with Crippen LogP contribution in [-0.2, 0) is 10.0 Å². The molecule has 0 aliphatic heterocycles. The summed E-state index contributed by atoms with van der Waals surface area (Å²) in [7, 11) is -1.77. The molecule has 18 heavy (non-hydrogen) atoms. The van der Waals surface area contributed by atoms with Gasteiger partial charge in [0.2, 0.25) is 0 Å². The van der Waals surface area contributed by atoms with Crippen molar-refractivity contribution in [1.29, 1.82) is 0 Å². The third kappa shape index (κ3) is 2.48. The van der Waals surface area contributed by atoms with Crippen molar-refractivity contribution in [3.63, 3.8) is 0 Å². The Hall–Kier alpha value is -1.17. The molecule has 0 saturated carbocycles. The SMILES string of the molecule is CC(c1ccccc1)N(C)S(=O)(=O)c1cccs1. The molecule has 0 amide bonds. The first-order valence-corrected chi connectivity index (χ1v) is 7.92. The molecule has 0 aliphatic rings. The Morgan fingerprint density at radius 3 is 2.33 bits per heavy atom. The van der Waals surface area contributed by atoms with Gasteiger partial charge < -0.3 is 0 Å². The summed E-state index contributed by atoms with van der Waals surface area (Å²) in [6, 6.07) is 12.8. The van der Waals surface area contributed by atoms with Gasteiger partial charge in [0.05, 0.1) is 0 Å². The molecule has 1 unspecified atom stereocenters. The van der Waals surface area contributed by atoms with Gasteiger partial charge in [-0.1, -0.05) is 36.4 Å². The number of hydrogen-bond acceptors (Lipinski definition) is 3. The molecular weight excluding hydrogens is 266 g/mol. The standard InChI is InChI=1S/C13H15NO2S2/c1-11(12-7-4-3-5-8-12)14(2)18(15,16)13-9-6-10-17-13/h3-11H,1-2H3. The van der Waals surface area contributed by atoms with Crippen molar-refractivity contribution in [2.24, 2.45) is 0 Å². The molecule has 0 saturated heterocycles. The molecular formula is C13H15NO2S2. The van der Waals surface area contributed by atoms with Gasteiger partial charge in [-0.15, -0.1) is 11.3 Å². The van der Waals surface area contributed by atoms with E-state index in [1.54, 1.807) is 24.6 Å². The van der Waals surface area contributed by atoms with E-state index in [9.17, 15) is 8.42 Å². The van der Waals surface area contributed by atoms with E-state index in [1.807, 2.05) is 37.3 Å². The van der Waals surface area contributed by atoms with Gasteiger partial charge in [-0.3, -0.25) is 0 Å². The molecule has 2 aromatic rings. The number of hydrogen-bond donors (Lipinski definition) is 0. The van der Waals surface area contributed by atoms with Crippen LogP contribution in [0.3, 0.4) is 0 Å². The lowest BCUT2D eigenvalue weighted by atomic mass is 10.1. The first-order valence-electron chi connectivity index (χ1n) is 5.60. The maximum Gasteiger partial charge on any atom is 0.252 e. The second-order valence-corrected chi connectivity index (χ2v) is 7.21. The first kappa shape index (κ1) is 13.3. The van der Waals surface area contributed by atoms with Crippen LogP contribution in [0.4, 0.5) is 0 Å². The average Bonchev–Trinajstić information content (AvgIpc) is 2.92. The third-order valence-corrected chi connectivity index (χ3v) is 6.26. The van der Waals surface area contributed by atoms with Crippen molar-refractivity contribution in [2.75, 3.05) is 7.05 Å². The quantitative estimate of drug-likeness (QED) is 0.863. The average molecular weight is 281 g/mol. The molecule has 0 bridgehead atoms. The number of benzene rings is 1. The van der Waals surface area contributed by atoms with E-state index in [4.69, 9.17) is 0 Å². The zero-order chi connectivity index (χ0) is 13.2. The molecule has 1 atom stereocenters. The Morgan fingerprint density at radius 1 is 1.11 bits per heavy atom. The number of thiophene rings is 1. The molecule has 2 rings (SSSR count). The molecule has 0 radical (unpaired) electrons. The van der Waals surface area contributed by atoms with Crippen LogP contribution in [0.5, 0.6) is 0 Å². The Kier molecular flexibility index (Phi) is 3.85. The van der Waals surface area contributed by atoms with Crippen molar-refractivity contribution < 1.29 is 8.42 Å². The summed E-state index contributed by atoms with van der Waals surface area (Å²) < 4.78 is 26.5.